The van der Waals surface area contributed by atoms with E-state index in [0.29, 0.717) is 18.1 Å². The van der Waals surface area contributed by atoms with Gasteiger partial charge in [-0.05, 0) is 57.4 Å². The van der Waals surface area contributed by atoms with Gasteiger partial charge in [-0.1, -0.05) is 13.8 Å². The largest absolute Gasteiger partial charge is 0.381 e. The van der Waals surface area contributed by atoms with Crippen LogP contribution < -0.4 is 4.90 Å². The Morgan fingerprint density at radius 3 is 2.12 bits per heavy atom. The summed E-state index contributed by atoms with van der Waals surface area (Å²) in [5.41, 5.74) is 3.59. The van der Waals surface area contributed by atoms with Crippen molar-refractivity contribution in [2.24, 2.45) is 5.92 Å². The molecular formula is C20H33N3O2. The fourth-order valence-electron chi connectivity index (χ4n) is 3.84. The highest BCUT2D eigenvalue weighted by molar-refractivity contribution is 5.37. The first-order chi connectivity index (χ1) is 12.0. The van der Waals surface area contributed by atoms with Crippen molar-refractivity contribution in [1.82, 2.24) is 9.97 Å². The Kier molecular flexibility index (Phi) is 6.29. The number of nitrogens with zero attached hydrogens (tertiary/aromatic N) is 3. The predicted octanol–water partition coefficient (Wildman–Crippen LogP) is 3.46. The second kappa shape index (κ2) is 8.45. The summed E-state index contributed by atoms with van der Waals surface area (Å²) in [6, 6.07) is 0. The number of aromatic nitrogens is 2. The van der Waals surface area contributed by atoms with Gasteiger partial charge in [0.2, 0.25) is 5.95 Å². The van der Waals surface area contributed by atoms with Crippen molar-refractivity contribution >= 4 is 5.95 Å². The molecule has 0 bridgehead atoms. The molecule has 25 heavy (non-hydrogen) atoms. The van der Waals surface area contributed by atoms with E-state index < -0.39 is 0 Å². The van der Waals surface area contributed by atoms with Crippen molar-refractivity contribution in [2.45, 2.75) is 72.0 Å². The molecule has 0 spiro atoms. The first kappa shape index (κ1) is 18.6. The molecule has 2 fully saturated rings. The molecule has 1 aromatic heterocycles. The first-order valence-corrected chi connectivity index (χ1v) is 9.85. The first-order valence-electron chi connectivity index (χ1n) is 9.85. The third-order valence-electron chi connectivity index (χ3n) is 5.30. The van der Waals surface area contributed by atoms with Crippen LogP contribution in [-0.4, -0.2) is 48.5 Å². The third-order valence-corrected chi connectivity index (χ3v) is 5.30. The van der Waals surface area contributed by atoms with Gasteiger partial charge in [0.25, 0.3) is 0 Å². The van der Waals surface area contributed by atoms with Crippen LogP contribution >= 0.6 is 0 Å². The summed E-state index contributed by atoms with van der Waals surface area (Å²) < 4.78 is 11.7. The van der Waals surface area contributed by atoms with E-state index in [1.807, 2.05) is 0 Å². The zero-order chi connectivity index (χ0) is 17.8. The number of ether oxygens (including phenoxy) is 2. The highest BCUT2D eigenvalue weighted by Crippen LogP contribution is 2.24. The van der Waals surface area contributed by atoms with Crippen molar-refractivity contribution in [3.63, 3.8) is 0 Å². The highest BCUT2D eigenvalue weighted by atomic mass is 16.5. The summed E-state index contributed by atoms with van der Waals surface area (Å²) in [6.07, 6.45) is 6.03. The molecule has 0 unspecified atom stereocenters. The van der Waals surface area contributed by atoms with E-state index in [9.17, 15) is 0 Å². The van der Waals surface area contributed by atoms with Gasteiger partial charge in [0, 0.05) is 37.7 Å². The third kappa shape index (κ3) is 4.91. The fraction of sp³-hybridized carbons (Fsp3) is 0.800. The Morgan fingerprint density at radius 2 is 1.56 bits per heavy atom. The lowest BCUT2D eigenvalue weighted by molar-refractivity contribution is -0.0744. The maximum Gasteiger partial charge on any atom is 0.225 e. The van der Waals surface area contributed by atoms with Gasteiger partial charge in [-0.3, -0.25) is 0 Å². The fourth-order valence-corrected chi connectivity index (χ4v) is 3.84. The molecule has 0 aliphatic carbocycles. The Morgan fingerprint density at radius 1 is 1.00 bits per heavy atom. The smallest absolute Gasteiger partial charge is 0.225 e. The molecule has 0 N–H and O–H groups in total. The molecule has 0 radical (unpaired) electrons. The SMILES string of the molecule is Cc1nc(N2CCC(OC3CCOCC3)CC2)nc(C)c1CC(C)C. The number of aryl methyl sites for hydroxylation is 2. The van der Waals surface area contributed by atoms with Crippen LogP contribution in [0.5, 0.6) is 0 Å². The highest BCUT2D eigenvalue weighted by Gasteiger charge is 2.25. The lowest BCUT2D eigenvalue weighted by Crippen LogP contribution is -2.40. The quantitative estimate of drug-likeness (QED) is 0.816. The van der Waals surface area contributed by atoms with Gasteiger partial charge < -0.3 is 14.4 Å². The zero-order valence-corrected chi connectivity index (χ0v) is 16.3. The Balaban J connectivity index is 1.57. The van der Waals surface area contributed by atoms with Crippen molar-refractivity contribution in [1.29, 1.82) is 0 Å². The number of anilines is 1. The molecule has 3 rings (SSSR count). The van der Waals surface area contributed by atoms with Gasteiger partial charge in [0.15, 0.2) is 0 Å². The summed E-state index contributed by atoms with van der Waals surface area (Å²) in [5.74, 6) is 1.52. The number of hydrogen-bond donors (Lipinski definition) is 0. The predicted molar refractivity (Wildman–Crippen MR) is 100 cm³/mol. The van der Waals surface area contributed by atoms with Gasteiger partial charge in [-0.25, -0.2) is 9.97 Å². The molecule has 0 aromatic carbocycles. The average molecular weight is 348 g/mol. The topological polar surface area (TPSA) is 47.5 Å². The molecule has 2 aliphatic heterocycles. The minimum atomic E-state index is 0.377. The normalized spacial score (nSPS) is 20.4. The maximum atomic E-state index is 6.28. The van der Waals surface area contributed by atoms with Crippen LogP contribution in [0.3, 0.4) is 0 Å². The molecule has 1 aromatic rings. The Labute approximate surface area is 152 Å². The van der Waals surface area contributed by atoms with Crippen LogP contribution in [0.1, 0.15) is 56.5 Å². The van der Waals surface area contributed by atoms with E-state index in [1.165, 1.54) is 5.56 Å². The van der Waals surface area contributed by atoms with Crippen LogP contribution in [0.2, 0.25) is 0 Å². The molecule has 140 valence electrons. The van der Waals surface area contributed by atoms with E-state index in [2.05, 4.69) is 32.6 Å². The number of rotatable bonds is 5. The molecule has 5 heteroatoms. The minimum absolute atomic E-state index is 0.377. The Bertz CT molecular complexity index is 539. The monoisotopic (exact) mass is 347 g/mol. The zero-order valence-electron chi connectivity index (χ0n) is 16.3. The van der Waals surface area contributed by atoms with Crippen LogP contribution in [0.4, 0.5) is 5.95 Å². The lowest BCUT2D eigenvalue weighted by Gasteiger charge is -2.35. The molecule has 5 nitrogen and oxygen atoms in total. The van der Waals surface area contributed by atoms with Crippen LogP contribution in [-0.2, 0) is 15.9 Å². The van der Waals surface area contributed by atoms with E-state index in [0.717, 1.165) is 75.7 Å². The molecule has 2 aliphatic rings. The number of hydrogen-bond acceptors (Lipinski definition) is 5. The van der Waals surface area contributed by atoms with Crippen LogP contribution in [0.25, 0.3) is 0 Å². The molecule has 3 heterocycles. The minimum Gasteiger partial charge on any atom is -0.381 e. The van der Waals surface area contributed by atoms with Gasteiger partial charge in [0.1, 0.15) is 0 Å². The molecule has 0 saturated carbocycles. The molecular weight excluding hydrogens is 314 g/mol. The van der Waals surface area contributed by atoms with Crippen molar-refractivity contribution in [3.05, 3.63) is 17.0 Å². The van der Waals surface area contributed by atoms with Gasteiger partial charge >= 0.3 is 0 Å². The molecule has 0 amide bonds. The number of piperidine rings is 1. The van der Waals surface area contributed by atoms with Gasteiger partial charge in [0.05, 0.1) is 12.2 Å². The van der Waals surface area contributed by atoms with E-state index in [4.69, 9.17) is 19.4 Å². The van der Waals surface area contributed by atoms with Crippen LogP contribution in [0, 0.1) is 19.8 Å². The summed E-state index contributed by atoms with van der Waals surface area (Å²) in [6.45, 7) is 12.4. The molecule has 2 saturated heterocycles. The van der Waals surface area contributed by atoms with E-state index >= 15 is 0 Å². The van der Waals surface area contributed by atoms with Gasteiger partial charge in [-0.15, -0.1) is 0 Å². The van der Waals surface area contributed by atoms with Crippen molar-refractivity contribution in [3.8, 4) is 0 Å². The van der Waals surface area contributed by atoms with E-state index in [-0.39, 0.29) is 0 Å². The summed E-state index contributed by atoms with van der Waals surface area (Å²) in [5, 5.41) is 0. The Hall–Kier alpha value is -1.20. The second-order valence-electron chi connectivity index (χ2n) is 7.91. The van der Waals surface area contributed by atoms with Crippen molar-refractivity contribution < 1.29 is 9.47 Å². The molecule has 0 atom stereocenters. The second-order valence-corrected chi connectivity index (χ2v) is 7.91. The average Bonchev–Trinajstić information content (AvgIpc) is 2.59. The summed E-state index contributed by atoms with van der Waals surface area (Å²) in [4.78, 5) is 11.9. The van der Waals surface area contributed by atoms with E-state index in [1.54, 1.807) is 0 Å². The van der Waals surface area contributed by atoms with Crippen LogP contribution in [0.15, 0.2) is 0 Å². The van der Waals surface area contributed by atoms with Gasteiger partial charge in [-0.2, -0.15) is 0 Å². The standard InChI is InChI=1S/C20H33N3O2/c1-14(2)13-19-15(3)21-20(22-16(19)4)23-9-5-17(6-10-23)25-18-7-11-24-12-8-18/h14,17-18H,5-13H2,1-4H3. The summed E-state index contributed by atoms with van der Waals surface area (Å²) >= 11 is 0. The van der Waals surface area contributed by atoms with Crippen molar-refractivity contribution in [2.75, 3.05) is 31.2 Å². The lowest BCUT2D eigenvalue weighted by atomic mass is 10.0. The summed E-state index contributed by atoms with van der Waals surface area (Å²) in [7, 11) is 0. The maximum absolute atomic E-state index is 6.28.